The Hall–Kier alpha value is -4.67. The van der Waals surface area contributed by atoms with E-state index in [1.165, 1.54) is 6.20 Å². The number of benzene rings is 2. The topological polar surface area (TPSA) is 128 Å². The van der Waals surface area contributed by atoms with Gasteiger partial charge in [0.15, 0.2) is 17.1 Å². The molecule has 2 aromatic carbocycles. The predicted molar refractivity (Wildman–Crippen MR) is 132 cm³/mol. The van der Waals surface area contributed by atoms with Crippen molar-refractivity contribution in [1.29, 1.82) is 0 Å². The smallest absolute Gasteiger partial charge is 0.316 e. The summed E-state index contributed by atoms with van der Waals surface area (Å²) in [7, 11) is 3.59. The summed E-state index contributed by atoms with van der Waals surface area (Å²) < 4.78 is 18.4. The molecule has 3 heterocycles. The molecule has 0 radical (unpaired) electrons. The third kappa shape index (κ3) is 4.56. The molecule has 35 heavy (non-hydrogen) atoms. The van der Waals surface area contributed by atoms with Crippen LogP contribution in [-0.2, 0) is 6.54 Å². The van der Waals surface area contributed by atoms with Crippen LogP contribution in [-0.4, -0.2) is 48.0 Å². The molecule has 5 rings (SSSR count). The number of aromatic nitrogens is 3. The minimum Gasteiger partial charge on any atom is -0.497 e. The monoisotopic (exact) mass is 475 g/mol. The van der Waals surface area contributed by atoms with Crippen LogP contribution in [0.25, 0.3) is 5.65 Å². The van der Waals surface area contributed by atoms with Crippen molar-refractivity contribution in [3.8, 4) is 17.2 Å². The Bertz CT molecular complexity index is 1370. The largest absolute Gasteiger partial charge is 0.497 e. The van der Waals surface area contributed by atoms with E-state index in [2.05, 4.69) is 20.7 Å². The van der Waals surface area contributed by atoms with Gasteiger partial charge in [-0.05, 0) is 29.8 Å². The fraction of sp³-hybridized carbons (Fsp3) is 0.208. The molecule has 0 unspecified atom stereocenters. The van der Waals surface area contributed by atoms with Gasteiger partial charge in [-0.1, -0.05) is 18.2 Å². The number of nitrogens with zero attached hydrogens (tertiary/aromatic N) is 4. The van der Waals surface area contributed by atoms with Crippen molar-refractivity contribution < 1.29 is 19.0 Å². The lowest BCUT2D eigenvalue weighted by atomic mass is 10.2. The second-order valence-corrected chi connectivity index (χ2v) is 7.94. The molecule has 0 spiro atoms. The molecule has 0 atom stereocenters. The first kappa shape index (κ1) is 22.1. The zero-order valence-electron chi connectivity index (χ0n) is 19.3. The van der Waals surface area contributed by atoms with Gasteiger partial charge in [0.25, 0.3) is 0 Å². The number of fused-ring (bicyclic) bond motifs is 2. The van der Waals surface area contributed by atoms with Crippen LogP contribution in [0.1, 0.15) is 5.56 Å². The second kappa shape index (κ2) is 9.29. The third-order valence-corrected chi connectivity index (χ3v) is 5.51. The van der Waals surface area contributed by atoms with E-state index < -0.39 is 6.03 Å². The summed E-state index contributed by atoms with van der Waals surface area (Å²) in [5, 5.41) is 10.3. The van der Waals surface area contributed by atoms with E-state index in [1.807, 2.05) is 60.5 Å². The highest BCUT2D eigenvalue weighted by molar-refractivity contribution is 5.92. The molecule has 0 aliphatic carbocycles. The van der Waals surface area contributed by atoms with Gasteiger partial charge in [-0.25, -0.2) is 9.78 Å². The molecule has 11 heteroatoms. The number of primary amides is 1. The number of nitrogens with two attached hydrogens (primary N) is 1. The van der Waals surface area contributed by atoms with Gasteiger partial charge in [0.1, 0.15) is 36.3 Å². The van der Waals surface area contributed by atoms with Gasteiger partial charge in [0, 0.05) is 19.7 Å². The highest BCUT2D eigenvalue weighted by Crippen LogP contribution is 2.39. The summed E-state index contributed by atoms with van der Waals surface area (Å²) in [4.78, 5) is 18.3. The number of rotatable bonds is 7. The van der Waals surface area contributed by atoms with Crippen LogP contribution in [0.2, 0.25) is 0 Å². The van der Waals surface area contributed by atoms with Crippen molar-refractivity contribution in [2.24, 2.45) is 5.73 Å². The van der Waals surface area contributed by atoms with Crippen molar-refractivity contribution in [1.82, 2.24) is 14.6 Å². The van der Waals surface area contributed by atoms with Gasteiger partial charge >= 0.3 is 6.03 Å². The number of nitrogens with one attached hydrogen (secondary N) is 2. The Morgan fingerprint density at radius 1 is 1.17 bits per heavy atom. The van der Waals surface area contributed by atoms with E-state index in [1.54, 1.807) is 11.6 Å². The van der Waals surface area contributed by atoms with E-state index >= 15 is 0 Å². The maximum atomic E-state index is 11.5. The van der Waals surface area contributed by atoms with Gasteiger partial charge in [-0.3, -0.25) is 0 Å². The van der Waals surface area contributed by atoms with Crippen LogP contribution in [0.4, 0.5) is 27.8 Å². The van der Waals surface area contributed by atoms with Crippen molar-refractivity contribution in [2.75, 3.05) is 42.9 Å². The zero-order valence-corrected chi connectivity index (χ0v) is 19.3. The standard InChI is InChI=1S/C24H25N7O4/c1-30(14-15-6-8-16(33-2)9-7-15)21-12-20(29-23-18(28-24(25)32)13-26-31(21)23)27-17-4-3-5-19-22(17)35-11-10-34-19/h3-9,12-13H,10-11,14H2,1-2H3,(H,27,29)(H3,25,28,32). The maximum Gasteiger partial charge on any atom is 0.316 e. The average Bonchev–Trinajstić information content (AvgIpc) is 3.26. The SMILES string of the molecule is COc1ccc(CN(C)c2cc(Nc3cccc4c3OCCO4)nc3c(NC(N)=O)cnn23)cc1. The number of hydrogen-bond acceptors (Lipinski definition) is 8. The fourth-order valence-electron chi connectivity index (χ4n) is 3.90. The number of ether oxygens (including phenoxy) is 3. The average molecular weight is 476 g/mol. The molecule has 2 amide bonds. The van der Waals surface area contributed by atoms with E-state index in [4.69, 9.17) is 19.9 Å². The predicted octanol–water partition coefficient (Wildman–Crippen LogP) is 3.38. The molecule has 1 aliphatic heterocycles. The summed E-state index contributed by atoms with van der Waals surface area (Å²) in [6.45, 7) is 1.56. The summed E-state index contributed by atoms with van der Waals surface area (Å²) >= 11 is 0. The van der Waals surface area contributed by atoms with Crippen LogP contribution in [0.15, 0.2) is 54.7 Å². The van der Waals surface area contributed by atoms with Gasteiger partial charge in [-0.15, -0.1) is 0 Å². The lowest BCUT2D eigenvalue weighted by Crippen LogP contribution is -2.21. The summed E-state index contributed by atoms with van der Waals surface area (Å²) in [5.74, 6) is 3.36. The van der Waals surface area contributed by atoms with Crippen LogP contribution in [0.3, 0.4) is 0 Å². The number of anilines is 4. The van der Waals surface area contributed by atoms with Gasteiger partial charge in [0.2, 0.25) is 0 Å². The third-order valence-electron chi connectivity index (χ3n) is 5.51. The van der Waals surface area contributed by atoms with E-state index in [0.29, 0.717) is 54.1 Å². The molecule has 1 aliphatic rings. The fourth-order valence-corrected chi connectivity index (χ4v) is 3.90. The van der Waals surface area contributed by atoms with Crippen molar-refractivity contribution in [3.05, 3.63) is 60.3 Å². The molecule has 11 nitrogen and oxygen atoms in total. The molecule has 180 valence electrons. The number of para-hydroxylation sites is 1. The Morgan fingerprint density at radius 3 is 2.74 bits per heavy atom. The molecule has 0 saturated carbocycles. The molecule has 4 aromatic rings. The van der Waals surface area contributed by atoms with Crippen LogP contribution >= 0.6 is 0 Å². The first-order valence-corrected chi connectivity index (χ1v) is 11.0. The summed E-state index contributed by atoms with van der Waals surface area (Å²) in [6, 6.07) is 14.6. The van der Waals surface area contributed by atoms with Crippen molar-refractivity contribution in [3.63, 3.8) is 0 Å². The number of carbonyl (C=O) groups excluding carboxylic acids is 1. The molecule has 4 N–H and O–H groups in total. The van der Waals surface area contributed by atoms with Crippen LogP contribution in [0, 0.1) is 0 Å². The van der Waals surface area contributed by atoms with Gasteiger partial charge in [0.05, 0.1) is 19.0 Å². The zero-order chi connectivity index (χ0) is 24.4. The molecule has 0 saturated heterocycles. The van der Waals surface area contributed by atoms with E-state index in [9.17, 15) is 4.79 Å². The van der Waals surface area contributed by atoms with Gasteiger partial charge in [-0.2, -0.15) is 9.61 Å². The Balaban J connectivity index is 1.53. The normalized spacial score (nSPS) is 12.3. The molecular formula is C24H25N7O4. The highest BCUT2D eigenvalue weighted by Gasteiger charge is 2.19. The Morgan fingerprint density at radius 2 is 1.97 bits per heavy atom. The first-order valence-electron chi connectivity index (χ1n) is 11.0. The summed E-state index contributed by atoms with van der Waals surface area (Å²) in [6.07, 6.45) is 1.52. The second-order valence-electron chi connectivity index (χ2n) is 7.94. The molecular weight excluding hydrogens is 450 g/mol. The molecule has 0 fully saturated rings. The van der Waals surface area contributed by atoms with Crippen LogP contribution < -0.4 is 35.5 Å². The Labute approximate surface area is 201 Å². The number of methoxy groups -OCH3 is 1. The number of hydrogen-bond donors (Lipinski definition) is 3. The molecule has 2 aromatic heterocycles. The first-order chi connectivity index (χ1) is 17.0. The van der Waals surface area contributed by atoms with E-state index in [0.717, 1.165) is 17.1 Å². The highest BCUT2D eigenvalue weighted by atomic mass is 16.6. The van der Waals surface area contributed by atoms with Gasteiger partial charge < -0.3 is 35.5 Å². The van der Waals surface area contributed by atoms with Crippen molar-refractivity contribution in [2.45, 2.75) is 6.54 Å². The lowest BCUT2D eigenvalue weighted by molar-refractivity contribution is 0.172. The van der Waals surface area contributed by atoms with Crippen LogP contribution in [0.5, 0.6) is 17.2 Å². The maximum absolute atomic E-state index is 11.5. The van der Waals surface area contributed by atoms with E-state index in [-0.39, 0.29) is 0 Å². The minimum absolute atomic E-state index is 0.398. The minimum atomic E-state index is -0.698. The number of urea groups is 1. The Kier molecular flexibility index (Phi) is 5.88. The quantitative estimate of drug-likeness (QED) is 0.371. The van der Waals surface area contributed by atoms with Crippen molar-refractivity contribution >= 4 is 34.7 Å². The lowest BCUT2D eigenvalue weighted by Gasteiger charge is -2.23. The number of amides is 2. The summed E-state index contributed by atoms with van der Waals surface area (Å²) in [5.41, 5.74) is 7.99. The number of carbonyl (C=O) groups is 1. The molecule has 0 bridgehead atoms.